The van der Waals surface area contributed by atoms with E-state index in [1.165, 1.54) is 31.4 Å². The zero-order chi connectivity index (χ0) is 32.2. The number of aromatic nitrogens is 1. The second kappa shape index (κ2) is 12.2. The molecule has 0 radical (unpaired) electrons. The van der Waals surface area contributed by atoms with E-state index in [9.17, 15) is 18.3 Å². The first-order valence-corrected chi connectivity index (χ1v) is 19.5. The number of nitrogens with zero attached hydrogens (tertiary/aromatic N) is 1. The summed E-state index contributed by atoms with van der Waals surface area (Å²) in [6.07, 6.45) is 3.99. The molecule has 5 nitrogen and oxygen atoms in total. The Labute approximate surface area is 266 Å². The number of alkyl halides is 3. The van der Waals surface area contributed by atoms with Crippen LogP contribution in [0, 0.1) is 5.41 Å². The zero-order valence-corrected chi connectivity index (χ0v) is 28.4. The molecule has 0 amide bonds. The third-order valence-corrected chi connectivity index (χ3v) is 15.7. The molecule has 1 saturated carbocycles. The molecule has 2 aliphatic carbocycles. The lowest BCUT2D eigenvalue weighted by atomic mass is 9.59. The Hall–Kier alpha value is -2.04. The van der Waals surface area contributed by atoms with Gasteiger partial charge in [-0.2, -0.15) is 13.2 Å². The van der Waals surface area contributed by atoms with Gasteiger partial charge in [-0.25, -0.2) is 0 Å². The van der Waals surface area contributed by atoms with E-state index in [-0.39, 0.29) is 22.5 Å². The summed E-state index contributed by atoms with van der Waals surface area (Å²) in [7, 11) is -2.22. The summed E-state index contributed by atoms with van der Waals surface area (Å²) >= 11 is 0. The van der Waals surface area contributed by atoms with Crippen molar-refractivity contribution in [1.29, 1.82) is 0 Å². The average molecular weight is 644 g/mol. The first-order valence-electron chi connectivity index (χ1n) is 16.6. The fraction of sp³-hybridized carbons (Fsp3) is 0.639. The van der Waals surface area contributed by atoms with E-state index in [4.69, 9.17) is 18.9 Å². The van der Waals surface area contributed by atoms with Crippen molar-refractivity contribution in [1.82, 2.24) is 4.98 Å². The number of ether oxygens (including phenoxy) is 2. The maximum Gasteiger partial charge on any atom is 0.416 e. The highest BCUT2D eigenvalue weighted by Crippen LogP contribution is 2.58. The molecule has 2 atom stereocenters. The van der Waals surface area contributed by atoms with Crippen molar-refractivity contribution in [2.75, 3.05) is 26.4 Å². The van der Waals surface area contributed by atoms with Crippen molar-refractivity contribution < 1.29 is 32.2 Å². The number of benzene rings is 1. The van der Waals surface area contributed by atoms with Gasteiger partial charge in [0, 0.05) is 36.0 Å². The molecule has 1 aromatic heterocycles. The van der Waals surface area contributed by atoms with Gasteiger partial charge in [0.25, 0.3) is 0 Å². The maximum atomic E-state index is 13.5. The third-order valence-electron chi connectivity index (χ3n) is 11.2. The van der Waals surface area contributed by atoms with Gasteiger partial charge in [-0.1, -0.05) is 45.4 Å². The Balaban J connectivity index is 1.59. The first kappa shape index (κ1) is 32.9. The standard InChI is InChI=1S/C36H48F3NO4Si/c1-34(2,3)45(4,5)44-28-22-35(15-6-16-35)21-27-30(28)29(23-11-17-42-18-12-23)31(32(40-27)24-13-19-43-20-14-24)33(41)25-7-9-26(10-8-25)36(37,38)39/h7-11,24,28,33,41H,6,12-22H2,1-5H3. The molecule has 6 rings (SSSR count). The number of fused-ring (bicyclic) bond motifs is 1. The Morgan fingerprint density at radius 1 is 1.02 bits per heavy atom. The minimum absolute atomic E-state index is 0.00748. The van der Waals surface area contributed by atoms with Gasteiger partial charge in [0.1, 0.15) is 6.10 Å². The fourth-order valence-electron chi connectivity index (χ4n) is 7.46. The molecule has 9 heteroatoms. The van der Waals surface area contributed by atoms with Crippen LogP contribution in [0.25, 0.3) is 5.57 Å². The monoisotopic (exact) mass is 643 g/mol. The van der Waals surface area contributed by atoms with Crippen molar-refractivity contribution in [2.24, 2.45) is 5.41 Å². The summed E-state index contributed by atoms with van der Waals surface area (Å²) < 4.78 is 59.3. The molecular formula is C36H48F3NO4Si. The Morgan fingerprint density at radius 3 is 2.27 bits per heavy atom. The number of hydrogen-bond acceptors (Lipinski definition) is 5. The second-order valence-corrected chi connectivity index (χ2v) is 20.0. The molecule has 1 N–H and O–H groups in total. The smallest absolute Gasteiger partial charge is 0.410 e. The van der Waals surface area contributed by atoms with Crippen LogP contribution in [0.15, 0.2) is 30.3 Å². The predicted molar refractivity (Wildman–Crippen MR) is 172 cm³/mol. The third kappa shape index (κ3) is 6.44. The van der Waals surface area contributed by atoms with Gasteiger partial charge >= 0.3 is 6.18 Å². The van der Waals surface area contributed by atoms with Crippen molar-refractivity contribution >= 4 is 13.9 Å². The van der Waals surface area contributed by atoms with E-state index in [2.05, 4.69) is 39.9 Å². The van der Waals surface area contributed by atoms with Crippen LogP contribution in [0.5, 0.6) is 0 Å². The number of hydrogen-bond donors (Lipinski definition) is 1. The second-order valence-electron chi connectivity index (χ2n) is 15.2. The van der Waals surface area contributed by atoms with E-state index in [1.54, 1.807) is 0 Å². The summed E-state index contributed by atoms with van der Waals surface area (Å²) in [5.74, 6) is 0.0846. The number of aliphatic hydroxyl groups is 1. The Kier molecular flexibility index (Phi) is 8.91. The van der Waals surface area contributed by atoms with Crippen molar-refractivity contribution in [2.45, 2.75) is 115 Å². The molecule has 1 aromatic carbocycles. The van der Waals surface area contributed by atoms with Crippen LogP contribution in [0.4, 0.5) is 13.2 Å². The fourth-order valence-corrected chi connectivity index (χ4v) is 8.72. The average Bonchev–Trinajstić information content (AvgIpc) is 2.98. The van der Waals surface area contributed by atoms with Crippen molar-refractivity contribution in [3.8, 4) is 0 Å². The minimum Gasteiger partial charge on any atom is -0.410 e. The molecule has 2 aliphatic heterocycles. The normalized spacial score (nSPS) is 23.3. The number of aliphatic hydroxyl groups excluding tert-OH is 1. The van der Waals surface area contributed by atoms with Gasteiger partial charge in [-0.3, -0.25) is 4.98 Å². The Morgan fingerprint density at radius 2 is 1.71 bits per heavy atom. The van der Waals surface area contributed by atoms with E-state index in [1.807, 2.05) is 0 Å². The number of rotatable bonds is 6. The largest absolute Gasteiger partial charge is 0.416 e. The summed E-state index contributed by atoms with van der Waals surface area (Å²) in [4.78, 5) is 5.50. The molecule has 1 spiro atoms. The number of halogens is 3. The lowest BCUT2D eigenvalue weighted by Gasteiger charge is -2.51. The molecule has 2 fully saturated rings. The van der Waals surface area contributed by atoms with Crippen molar-refractivity contribution in [3.63, 3.8) is 0 Å². The quantitative estimate of drug-likeness (QED) is 0.318. The van der Waals surface area contributed by atoms with Crippen LogP contribution in [-0.2, 0) is 26.5 Å². The van der Waals surface area contributed by atoms with Gasteiger partial charge in [-0.05, 0) is 97.3 Å². The highest BCUT2D eigenvalue weighted by atomic mass is 28.4. The first-order chi connectivity index (χ1) is 21.2. The van der Waals surface area contributed by atoms with Gasteiger partial charge in [0.05, 0.1) is 30.6 Å². The van der Waals surface area contributed by atoms with Crippen LogP contribution in [0.2, 0.25) is 18.1 Å². The van der Waals surface area contributed by atoms with E-state index in [0.717, 1.165) is 71.5 Å². The van der Waals surface area contributed by atoms with E-state index >= 15 is 0 Å². The minimum atomic E-state index is -4.45. The molecule has 246 valence electrons. The summed E-state index contributed by atoms with van der Waals surface area (Å²) in [5, 5.41) is 12.3. The van der Waals surface area contributed by atoms with Crippen LogP contribution in [0.1, 0.15) is 123 Å². The van der Waals surface area contributed by atoms with Gasteiger partial charge in [0.2, 0.25) is 0 Å². The zero-order valence-electron chi connectivity index (χ0n) is 27.4. The van der Waals surface area contributed by atoms with Gasteiger partial charge in [0.15, 0.2) is 8.32 Å². The lowest BCUT2D eigenvalue weighted by molar-refractivity contribution is -0.137. The van der Waals surface area contributed by atoms with Crippen LogP contribution in [-0.4, -0.2) is 44.8 Å². The summed E-state index contributed by atoms with van der Waals surface area (Å²) in [6.45, 7) is 13.7. The summed E-state index contributed by atoms with van der Waals surface area (Å²) in [5.41, 5.74) is 5.75. The molecule has 45 heavy (non-hydrogen) atoms. The van der Waals surface area contributed by atoms with E-state index < -0.39 is 26.2 Å². The molecule has 0 bridgehead atoms. The Bertz CT molecular complexity index is 1420. The molecule has 1 saturated heterocycles. The van der Waals surface area contributed by atoms with Crippen LogP contribution in [0.3, 0.4) is 0 Å². The SMILES string of the molecule is CC(C)(C)[Si](C)(C)OC1CC2(CCC2)Cc2nc(C3CCOCC3)c(C(O)c3ccc(C(F)(F)F)cc3)c(C3=CCOCC3)c21. The molecular weight excluding hydrogens is 595 g/mol. The van der Waals surface area contributed by atoms with Gasteiger partial charge in [-0.15, -0.1) is 0 Å². The highest BCUT2D eigenvalue weighted by Gasteiger charge is 2.49. The molecule has 3 heterocycles. The summed E-state index contributed by atoms with van der Waals surface area (Å²) in [6, 6.07) is 4.96. The van der Waals surface area contributed by atoms with Gasteiger partial charge < -0.3 is 19.0 Å². The molecule has 4 aliphatic rings. The highest BCUT2D eigenvalue weighted by molar-refractivity contribution is 6.74. The van der Waals surface area contributed by atoms with Crippen LogP contribution < -0.4 is 0 Å². The predicted octanol–water partition coefficient (Wildman–Crippen LogP) is 9.06. The maximum absolute atomic E-state index is 13.5. The lowest BCUT2D eigenvalue weighted by Crippen LogP contribution is -2.46. The van der Waals surface area contributed by atoms with Crippen LogP contribution >= 0.6 is 0 Å². The molecule has 2 aromatic rings. The number of pyridine rings is 1. The van der Waals surface area contributed by atoms with Crippen molar-refractivity contribution in [3.05, 3.63) is 69.5 Å². The topological polar surface area (TPSA) is 60.8 Å². The van der Waals surface area contributed by atoms with E-state index in [0.29, 0.717) is 38.4 Å². The molecule has 2 unspecified atom stereocenters.